The van der Waals surface area contributed by atoms with Gasteiger partial charge in [0.2, 0.25) is 0 Å². The maximum atomic E-state index is 5.90. The summed E-state index contributed by atoms with van der Waals surface area (Å²) < 4.78 is 1.27. The molecule has 3 heteroatoms. The third kappa shape index (κ3) is 6.38. The average Bonchev–Trinajstić information content (AvgIpc) is 2.23. The fourth-order valence-corrected chi connectivity index (χ4v) is 2.15. The van der Waals surface area contributed by atoms with Gasteiger partial charge >= 0.3 is 0 Å². The number of unbranched alkanes of at least 4 members (excludes halogenated alkanes) is 2. The molecule has 1 rings (SSSR count). The van der Waals surface area contributed by atoms with Crippen LogP contribution in [0.1, 0.15) is 24.8 Å². The largest absolute Gasteiger partial charge is 0.313 e. The van der Waals surface area contributed by atoms with Crippen molar-refractivity contribution in [2.24, 2.45) is 0 Å². The molecule has 1 aromatic carbocycles. The van der Waals surface area contributed by atoms with E-state index in [1.807, 2.05) is 18.2 Å². The van der Waals surface area contributed by atoms with E-state index < -0.39 is 0 Å². The SMILES string of the molecule is Clc1cccc(CNCCCCCI)c1. The van der Waals surface area contributed by atoms with Crippen LogP contribution in [0.3, 0.4) is 0 Å². The average molecular weight is 338 g/mol. The van der Waals surface area contributed by atoms with Gasteiger partial charge in [-0.2, -0.15) is 0 Å². The van der Waals surface area contributed by atoms with Gasteiger partial charge in [-0.15, -0.1) is 0 Å². The zero-order chi connectivity index (χ0) is 10.9. The Bertz CT molecular complexity index is 278. The fourth-order valence-electron chi connectivity index (χ4n) is 1.40. The first-order chi connectivity index (χ1) is 7.33. The highest BCUT2D eigenvalue weighted by Crippen LogP contribution is 2.10. The molecular weight excluding hydrogens is 320 g/mol. The zero-order valence-corrected chi connectivity index (χ0v) is 11.7. The first-order valence-corrected chi connectivity index (χ1v) is 7.24. The Hall–Kier alpha value is 0.200. The van der Waals surface area contributed by atoms with Crippen molar-refractivity contribution < 1.29 is 0 Å². The summed E-state index contributed by atoms with van der Waals surface area (Å²) >= 11 is 8.32. The van der Waals surface area contributed by atoms with Gasteiger partial charge in [-0.3, -0.25) is 0 Å². The Morgan fingerprint density at radius 2 is 2.07 bits per heavy atom. The number of benzene rings is 1. The van der Waals surface area contributed by atoms with E-state index in [0.717, 1.165) is 18.1 Å². The van der Waals surface area contributed by atoms with Crippen molar-refractivity contribution in [2.75, 3.05) is 11.0 Å². The molecule has 0 saturated heterocycles. The van der Waals surface area contributed by atoms with Gasteiger partial charge in [0.1, 0.15) is 0 Å². The summed E-state index contributed by atoms with van der Waals surface area (Å²) in [5, 5.41) is 4.25. The van der Waals surface area contributed by atoms with Crippen molar-refractivity contribution in [3.63, 3.8) is 0 Å². The lowest BCUT2D eigenvalue weighted by molar-refractivity contribution is 0.620. The predicted octanol–water partition coefficient (Wildman–Crippen LogP) is 4.03. The zero-order valence-electron chi connectivity index (χ0n) is 8.81. The Labute approximate surface area is 111 Å². The van der Waals surface area contributed by atoms with Gasteiger partial charge in [0.15, 0.2) is 0 Å². The topological polar surface area (TPSA) is 12.0 Å². The van der Waals surface area contributed by atoms with Gasteiger partial charge < -0.3 is 5.32 Å². The van der Waals surface area contributed by atoms with E-state index in [0.29, 0.717) is 0 Å². The van der Waals surface area contributed by atoms with Crippen LogP contribution in [0.4, 0.5) is 0 Å². The highest BCUT2D eigenvalue weighted by Gasteiger charge is 1.93. The molecule has 0 spiro atoms. The highest BCUT2D eigenvalue weighted by molar-refractivity contribution is 14.1. The van der Waals surface area contributed by atoms with Crippen LogP contribution in [0.15, 0.2) is 24.3 Å². The molecule has 0 aromatic heterocycles. The molecule has 1 aromatic rings. The summed E-state index contributed by atoms with van der Waals surface area (Å²) in [6, 6.07) is 8.02. The van der Waals surface area contributed by atoms with Crippen molar-refractivity contribution in [3.8, 4) is 0 Å². The van der Waals surface area contributed by atoms with Gasteiger partial charge in [0, 0.05) is 11.6 Å². The van der Waals surface area contributed by atoms with Crippen molar-refractivity contribution >= 4 is 34.2 Å². The molecule has 0 radical (unpaired) electrons. The van der Waals surface area contributed by atoms with Crippen LogP contribution in [-0.4, -0.2) is 11.0 Å². The van der Waals surface area contributed by atoms with E-state index in [-0.39, 0.29) is 0 Å². The maximum Gasteiger partial charge on any atom is 0.0409 e. The molecule has 1 N–H and O–H groups in total. The molecule has 0 saturated carbocycles. The van der Waals surface area contributed by atoms with E-state index in [4.69, 9.17) is 11.6 Å². The smallest absolute Gasteiger partial charge is 0.0409 e. The first kappa shape index (κ1) is 13.3. The van der Waals surface area contributed by atoms with Crippen LogP contribution < -0.4 is 5.32 Å². The maximum absolute atomic E-state index is 5.90. The Balaban J connectivity index is 2.10. The summed E-state index contributed by atoms with van der Waals surface area (Å²) in [7, 11) is 0. The fraction of sp³-hybridized carbons (Fsp3) is 0.500. The number of hydrogen-bond donors (Lipinski definition) is 1. The minimum absolute atomic E-state index is 0.819. The normalized spacial score (nSPS) is 10.5. The summed E-state index contributed by atoms with van der Waals surface area (Å²) in [6.07, 6.45) is 3.93. The summed E-state index contributed by atoms with van der Waals surface area (Å²) in [5.74, 6) is 0. The molecule has 0 fully saturated rings. The molecule has 0 heterocycles. The molecule has 0 aliphatic carbocycles. The van der Waals surface area contributed by atoms with Crippen molar-refractivity contribution in [1.82, 2.24) is 5.32 Å². The molecule has 0 aliphatic heterocycles. The molecular formula is C12H17ClIN. The number of halogens is 2. The van der Waals surface area contributed by atoms with Crippen molar-refractivity contribution in [3.05, 3.63) is 34.9 Å². The number of nitrogens with one attached hydrogen (secondary N) is 1. The van der Waals surface area contributed by atoms with Crippen molar-refractivity contribution in [2.45, 2.75) is 25.8 Å². The molecule has 0 unspecified atom stereocenters. The van der Waals surface area contributed by atoms with Gasteiger partial charge in [-0.25, -0.2) is 0 Å². The molecule has 0 atom stereocenters. The summed E-state index contributed by atoms with van der Waals surface area (Å²) in [5.41, 5.74) is 1.26. The Kier molecular flexibility index (Phi) is 7.40. The van der Waals surface area contributed by atoms with Crippen LogP contribution in [0.5, 0.6) is 0 Å². The van der Waals surface area contributed by atoms with E-state index in [1.54, 1.807) is 0 Å². The Morgan fingerprint density at radius 3 is 2.80 bits per heavy atom. The van der Waals surface area contributed by atoms with Gasteiger partial charge in [0.25, 0.3) is 0 Å². The van der Waals surface area contributed by atoms with Crippen LogP contribution >= 0.6 is 34.2 Å². The van der Waals surface area contributed by atoms with E-state index in [2.05, 4.69) is 34.0 Å². The molecule has 1 nitrogen and oxygen atoms in total. The van der Waals surface area contributed by atoms with E-state index >= 15 is 0 Å². The molecule has 0 amide bonds. The van der Waals surface area contributed by atoms with Crippen LogP contribution in [0.25, 0.3) is 0 Å². The number of rotatable bonds is 7. The minimum atomic E-state index is 0.819. The first-order valence-electron chi connectivity index (χ1n) is 5.34. The second kappa shape index (κ2) is 8.36. The lowest BCUT2D eigenvalue weighted by Crippen LogP contribution is -2.14. The lowest BCUT2D eigenvalue weighted by atomic mass is 10.2. The quantitative estimate of drug-likeness (QED) is 0.450. The van der Waals surface area contributed by atoms with Gasteiger partial charge in [0.05, 0.1) is 0 Å². The van der Waals surface area contributed by atoms with Gasteiger partial charge in [-0.1, -0.05) is 52.7 Å². The second-order valence-electron chi connectivity index (χ2n) is 3.56. The molecule has 0 bridgehead atoms. The molecule has 84 valence electrons. The van der Waals surface area contributed by atoms with Gasteiger partial charge in [-0.05, 0) is 41.5 Å². The monoisotopic (exact) mass is 337 g/mol. The summed E-state index contributed by atoms with van der Waals surface area (Å²) in [4.78, 5) is 0. The molecule has 0 aliphatic rings. The number of alkyl halides is 1. The van der Waals surface area contributed by atoms with Crippen molar-refractivity contribution in [1.29, 1.82) is 0 Å². The number of hydrogen-bond acceptors (Lipinski definition) is 1. The summed E-state index contributed by atoms with van der Waals surface area (Å²) in [6.45, 7) is 2.02. The molecule has 15 heavy (non-hydrogen) atoms. The van der Waals surface area contributed by atoms with Crippen LogP contribution in [-0.2, 0) is 6.54 Å². The second-order valence-corrected chi connectivity index (χ2v) is 5.07. The standard InChI is InChI=1S/C12H17ClIN/c13-12-6-4-5-11(9-12)10-15-8-3-1-2-7-14/h4-6,9,15H,1-3,7-8,10H2. The van der Waals surface area contributed by atoms with E-state index in [9.17, 15) is 0 Å². The lowest BCUT2D eigenvalue weighted by Gasteiger charge is -2.04. The Morgan fingerprint density at radius 1 is 1.20 bits per heavy atom. The third-order valence-electron chi connectivity index (χ3n) is 2.21. The van der Waals surface area contributed by atoms with Crippen LogP contribution in [0, 0.1) is 0 Å². The van der Waals surface area contributed by atoms with E-state index in [1.165, 1.54) is 29.3 Å². The highest BCUT2D eigenvalue weighted by atomic mass is 127. The predicted molar refractivity (Wildman–Crippen MR) is 75.9 cm³/mol. The third-order valence-corrected chi connectivity index (χ3v) is 3.20. The minimum Gasteiger partial charge on any atom is -0.313 e. The van der Waals surface area contributed by atoms with Crippen LogP contribution in [0.2, 0.25) is 5.02 Å².